The lowest BCUT2D eigenvalue weighted by Gasteiger charge is -2.10. The second kappa shape index (κ2) is 9.01. The van der Waals surface area contributed by atoms with Gasteiger partial charge in [0, 0.05) is 27.5 Å². The van der Waals surface area contributed by atoms with Crippen molar-refractivity contribution >= 4 is 45.2 Å². The zero-order valence-electron chi connectivity index (χ0n) is 14.7. The molecule has 9 heteroatoms. The summed E-state index contributed by atoms with van der Waals surface area (Å²) in [4.78, 5) is 34.2. The highest BCUT2D eigenvalue weighted by atomic mass is 32.2. The molecule has 1 aromatic heterocycles. The van der Waals surface area contributed by atoms with Crippen molar-refractivity contribution in [2.45, 2.75) is 36.7 Å². The predicted octanol–water partition coefficient (Wildman–Crippen LogP) is 3.00. The number of benzene rings is 1. The van der Waals surface area contributed by atoms with Crippen LogP contribution in [0.4, 0.5) is 5.13 Å². The summed E-state index contributed by atoms with van der Waals surface area (Å²) in [6, 6.07) is 6.76. The number of aromatic nitrogens is 1. The summed E-state index contributed by atoms with van der Waals surface area (Å²) in [5, 5.41) is 7.06. The highest BCUT2D eigenvalue weighted by molar-refractivity contribution is 7.84. The van der Waals surface area contributed by atoms with Crippen molar-refractivity contribution in [3.8, 4) is 0 Å². The predicted molar refractivity (Wildman–Crippen MR) is 105 cm³/mol. The molecule has 0 bridgehead atoms. The normalized spacial score (nSPS) is 16.1. The second-order valence-corrected chi connectivity index (χ2v) is 8.51. The van der Waals surface area contributed by atoms with Crippen LogP contribution in [0.1, 0.15) is 40.9 Å². The van der Waals surface area contributed by atoms with Crippen LogP contribution in [-0.2, 0) is 20.4 Å². The van der Waals surface area contributed by atoms with E-state index in [0.29, 0.717) is 26.8 Å². The Morgan fingerprint density at radius 1 is 1.33 bits per heavy atom. The van der Waals surface area contributed by atoms with E-state index in [2.05, 4.69) is 15.5 Å². The van der Waals surface area contributed by atoms with Crippen molar-refractivity contribution in [2.24, 2.45) is 5.16 Å². The number of nitrogens with one attached hydrogen (secondary N) is 1. The molecule has 1 N–H and O–H groups in total. The van der Waals surface area contributed by atoms with Crippen molar-refractivity contribution < 1.29 is 18.6 Å². The zero-order chi connectivity index (χ0) is 19.2. The van der Waals surface area contributed by atoms with E-state index < -0.39 is 16.7 Å². The lowest BCUT2D eigenvalue weighted by atomic mass is 10.1. The number of rotatable bonds is 7. The van der Waals surface area contributed by atoms with Gasteiger partial charge in [-0.3, -0.25) is 19.1 Å². The molecule has 0 saturated heterocycles. The Morgan fingerprint density at radius 2 is 2.04 bits per heavy atom. The monoisotopic (exact) mass is 405 g/mol. The summed E-state index contributed by atoms with van der Waals surface area (Å²) in [6.45, 7) is 0. The Hall–Kier alpha value is -2.39. The van der Waals surface area contributed by atoms with Crippen molar-refractivity contribution in [3.05, 3.63) is 40.9 Å². The molecule has 3 rings (SSSR count). The summed E-state index contributed by atoms with van der Waals surface area (Å²) in [6.07, 6.45) is 7.69. The average Bonchev–Trinajstić information content (AvgIpc) is 3.34. The Balaban J connectivity index is 1.83. The number of nitrogens with zero attached hydrogens (tertiary/aromatic N) is 2. The summed E-state index contributed by atoms with van der Waals surface area (Å²) in [5.41, 5.74) is 0.657. The van der Waals surface area contributed by atoms with Crippen LogP contribution < -0.4 is 5.32 Å². The Bertz CT molecular complexity index is 871. The van der Waals surface area contributed by atoms with E-state index in [4.69, 9.17) is 4.84 Å². The largest absolute Gasteiger partial charge is 0.392 e. The van der Waals surface area contributed by atoms with E-state index >= 15 is 0 Å². The molecular formula is C18H19N3O4S2. The number of oxime groups is 1. The van der Waals surface area contributed by atoms with Crippen LogP contribution in [0.3, 0.4) is 0 Å². The molecule has 27 heavy (non-hydrogen) atoms. The standard InChI is InChI=1S/C18H19N3O4S2/c1-27(24)15-8-6-12(7-9-15)16(21-25-13-4-2-3-5-13)17(23)20-18-19-10-14(11-22)26-18/h6-11,13H,2-5H2,1H3,(H,19,20,23). The highest BCUT2D eigenvalue weighted by Crippen LogP contribution is 2.22. The zero-order valence-corrected chi connectivity index (χ0v) is 16.3. The maximum absolute atomic E-state index is 12.7. The van der Waals surface area contributed by atoms with Gasteiger partial charge >= 0.3 is 0 Å². The molecule has 1 unspecified atom stereocenters. The van der Waals surface area contributed by atoms with Crippen molar-refractivity contribution in [1.82, 2.24) is 4.98 Å². The fourth-order valence-corrected chi connectivity index (χ4v) is 3.85. The van der Waals surface area contributed by atoms with Crippen LogP contribution in [-0.4, -0.2) is 39.5 Å². The fraction of sp³-hybridized carbons (Fsp3) is 0.333. The number of carbonyl (C=O) groups excluding carboxylic acids is 2. The van der Waals surface area contributed by atoms with Gasteiger partial charge in [0.1, 0.15) is 6.10 Å². The van der Waals surface area contributed by atoms with E-state index in [-0.39, 0.29) is 11.8 Å². The number of aldehydes is 1. The quantitative estimate of drug-likeness (QED) is 0.434. The van der Waals surface area contributed by atoms with Crippen LogP contribution in [0.15, 0.2) is 40.5 Å². The van der Waals surface area contributed by atoms with Gasteiger partial charge in [0.25, 0.3) is 5.91 Å². The first kappa shape index (κ1) is 19.4. The molecular weight excluding hydrogens is 386 g/mol. The first-order valence-electron chi connectivity index (χ1n) is 8.47. The minimum absolute atomic E-state index is 0.0109. The second-order valence-electron chi connectivity index (χ2n) is 6.07. The van der Waals surface area contributed by atoms with Gasteiger partial charge < -0.3 is 4.84 Å². The first-order valence-corrected chi connectivity index (χ1v) is 10.8. The summed E-state index contributed by atoms with van der Waals surface area (Å²) < 4.78 is 11.6. The molecule has 1 aliphatic carbocycles. The third kappa shape index (κ3) is 5.08. The van der Waals surface area contributed by atoms with Gasteiger partial charge in [0.2, 0.25) is 0 Å². The van der Waals surface area contributed by atoms with Crippen molar-refractivity contribution in [3.63, 3.8) is 0 Å². The molecule has 1 heterocycles. The van der Waals surface area contributed by atoms with Gasteiger partial charge in [-0.1, -0.05) is 28.6 Å². The average molecular weight is 406 g/mol. The number of anilines is 1. The minimum Gasteiger partial charge on any atom is -0.392 e. The fourth-order valence-electron chi connectivity index (χ4n) is 2.71. The van der Waals surface area contributed by atoms with Gasteiger partial charge in [-0.15, -0.1) is 0 Å². The summed E-state index contributed by atoms with van der Waals surface area (Å²) >= 11 is 1.08. The minimum atomic E-state index is -1.11. The Labute approximate surface area is 163 Å². The summed E-state index contributed by atoms with van der Waals surface area (Å²) in [5.74, 6) is -0.481. The molecule has 1 saturated carbocycles. The maximum Gasteiger partial charge on any atom is 0.280 e. The molecule has 0 radical (unpaired) electrons. The highest BCUT2D eigenvalue weighted by Gasteiger charge is 2.20. The SMILES string of the molecule is CS(=O)c1ccc(C(=NOC2CCCC2)C(=O)Nc2ncc(C=O)s2)cc1. The molecule has 7 nitrogen and oxygen atoms in total. The summed E-state index contributed by atoms with van der Waals surface area (Å²) in [7, 11) is -1.11. The molecule has 0 aliphatic heterocycles. The third-order valence-electron chi connectivity index (χ3n) is 4.13. The van der Waals surface area contributed by atoms with Gasteiger partial charge in [0.05, 0.1) is 11.1 Å². The van der Waals surface area contributed by atoms with E-state index in [1.54, 1.807) is 30.5 Å². The lowest BCUT2D eigenvalue weighted by Crippen LogP contribution is -2.25. The smallest absolute Gasteiger partial charge is 0.280 e. The maximum atomic E-state index is 12.7. The molecule has 1 aromatic carbocycles. The van der Waals surface area contributed by atoms with Crippen LogP contribution >= 0.6 is 11.3 Å². The van der Waals surface area contributed by atoms with Gasteiger partial charge in [-0.2, -0.15) is 0 Å². The van der Waals surface area contributed by atoms with Crippen molar-refractivity contribution in [1.29, 1.82) is 0 Å². The molecule has 1 amide bonds. The molecule has 1 aliphatic rings. The van der Waals surface area contributed by atoms with Crippen molar-refractivity contribution in [2.75, 3.05) is 11.6 Å². The lowest BCUT2D eigenvalue weighted by molar-refractivity contribution is -0.110. The van der Waals surface area contributed by atoms with Crippen LogP contribution in [0.25, 0.3) is 0 Å². The molecule has 1 atom stereocenters. The third-order valence-corrected chi connectivity index (χ3v) is 5.90. The van der Waals surface area contributed by atoms with Gasteiger partial charge in [-0.05, 0) is 37.8 Å². The molecule has 1 fully saturated rings. The van der Waals surface area contributed by atoms with Gasteiger partial charge in [0.15, 0.2) is 17.1 Å². The number of hydrogen-bond acceptors (Lipinski definition) is 7. The van der Waals surface area contributed by atoms with Crippen LogP contribution in [0.5, 0.6) is 0 Å². The molecule has 0 spiro atoms. The van der Waals surface area contributed by atoms with Crippen LogP contribution in [0.2, 0.25) is 0 Å². The Morgan fingerprint density at radius 3 is 2.63 bits per heavy atom. The van der Waals surface area contributed by atoms with E-state index in [9.17, 15) is 13.8 Å². The first-order chi connectivity index (χ1) is 13.1. The Kier molecular flexibility index (Phi) is 6.46. The van der Waals surface area contributed by atoms with Crippen LogP contribution in [0, 0.1) is 0 Å². The topological polar surface area (TPSA) is 97.7 Å². The molecule has 142 valence electrons. The van der Waals surface area contributed by atoms with E-state index in [1.807, 2.05) is 0 Å². The number of thiazole rings is 1. The van der Waals surface area contributed by atoms with E-state index in [0.717, 1.165) is 37.0 Å². The van der Waals surface area contributed by atoms with E-state index in [1.165, 1.54) is 6.20 Å². The number of amides is 1. The number of carbonyl (C=O) groups is 2. The van der Waals surface area contributed by atoms with Gasteiger partial charge in [-0.25, -0.2) is 4.98 Å². The number of hydrogen-bond donors (Lipinski definition) is 1. The molecule has 2 aromatic rings.